The molecule has 1 N–H and O–H groups in total. The lowest BCUT2D eigenvalue weighted by molar-refractivity contribution is 0.612. The molecule has 1 fully saturated rings. The summed E-state index contributed by atoms with van der Waals surface area (Å²) in [7, 11) is 2.02. The summed E-state index contributed by atoms with van der Waals surface area (Å²) in [5.74, 6) is 1.35. The molecular weight excluding hydrogens is 236 g/mol. The second-order valence-corrected chi connectivity index (χ2v) is 7.06. The van der Waals surface area contributed by atoms with Crippen molar-refractivity contribution in [2.45, 2.75) is 43.9 Å². The third-order valence-electron chi connectivity index (χ3n) is 3.03. The minimum atomic E-state index is 0.550. The molecule has 0 bridgehead atoms. The Bertz CT molecular complexity index is 319. The number of hydrogen-bond donors (Lipinski definition) is 1. The van der Waals surface area contributed by atoms with Crippen LogP contribution in [0.2, 0.25) is 0 Å². The molecule has 0 aliphatic carbocycles. The largest absolute Gasteiger partial charge is 0.317 e. The van der Waals surface area contributed by atoms with Gasteiger partial charge in [0.1, 0.15) is 0 Å². The Balaban J connectivity index is 1.86. The lowest BCUT2D eigenvalue weighted by Crippen LogP contribution is -2.22. The zero-order chi connectivity index (χ0) is 11.4. The summed E-state index contributed by atoms with van der Waals surface area (Å²) >= 11 is 4.02. The first-order valence-corrected chi connectivity index (χ1v) is 7.87. The summed E-state index contributed by atoms with van der Waals surface area (Å²) < 4.78 is 0. The van der Waals surface area contributed by atoms with Crippen molar-refractivity contribution in [3.05, 3.63) is 16.1 Å². The van der Waals surface area contributed by atoms with Gasteiger partial charge in [-0.05, 0) is 39.0 Å². The molecule has 1 aromatic rings. The Morgan fingerprint density at radius 3 is 3.19 bits per heavy atom. The maximum absolute atomic E-state index is 4.54. The van der Waals surface area contributed by atoms with Gasteiger partial charge in [-0.15, -0.1) is 11.3 Å². The summed E-state index contributed by atoms with van der Waals surface area (Å²) in [5, 5.41) is 5.44. The number of thiazole rings is 1. The molecule has 2 atom stereocenters. The van der Waals surface area contributed by atoms with Crippen LogP contribution in [0.3, 0.4) is 0 Å². The lowest BCUT2D eigenvalue weighted by Gasteiger charge is -2.07. The van der Waals surface area contributed by atoms with Gasteiger partial charge in [0.05, 0.1) is 5.01 Å². The van der Waals surface area contributed by atoms with Gasteiger partial charge < -0.3 is 5.32 Å². The van der Waals surface area contributed by atoms with Crippen LogP contribution in [0, 0.1) is 0 Å². The Morgan fingerprint density at radius 2 is 2.50 bits per heavy atom. The van der Waals surface area contributed by atoms with Crippen LogP contribution in [0.25, 0.3) is 0 Å². The molecule has 2 rings (SSSR count). The number of nitrogens with zero attached hydrogens (tertiary/aromatic N) is 1. The topological polar surface area (TPSA) is 24.9 Å². The quantitative estimate of drug-likeness (QED) is 0.877. The molecule has 0 radical (unpaired) electrons. The van der Waals surface area contributed by atoms with E-state index in [9.17, 15) is 0 Å². The van der Waals surface area contributed by atoms with E-state index in [1.54, 1.807) is 0 Å². The van der Waals surface area contributed by atoms with Crippen molar-refractivity contribution < 1.29 is 0 Å². The summed E-state index contributed by atoms with van der Waals surface area (Å²) in [6.45, 7) is 2.21. The van der Waals surface area contributed by atoms with E-state index >= 15 is 0 Å². The number of thioether (sulfide) groups is 1. The second kappa shape index (κ2) is 6.03. The molecule has 1 aliphatic heterocycles. The first kappa shape index (κ1) is 12.4. The Hall–Kier alpha value is -0.0600. The molecule has 2 heterocycles. The highest BCUT2D eigenvalue weighted by molar-refractivity contribution is 8.00. The molecule has 0 saturated carbocycles. The normalized spacial score (nSPS) is 22.5. The fraction of sp³-hybridized carbons (Fsp3) is 0.750. The van der Waals surface area contributed by atoms with Crippen molar-refractivity contribution in [2.24, 2.45) is 0 Å². The number of aromatic nitrogens is 1. The smallest absolute Gasteiger partial charge is 0.0938 e. The van der Waals surface area contributed by atoms with E-state index in [1.807, 2.05) is 18.4 Å². The van der Waals surface area contributed by atoms with Gasteiger partial charge in [-0.1, -0.05) is 0 Å². The van der Waals surface area contributed by atoms with Crippen molar-refractivity contribution in [3.8, 4) is 0 Å². The van der Waals surface area contributed by atoms with Crippen LogP contribution in [0.1, 0.15) is 29.7 Å². The molecule has 16 heavy (non-hydrogen) atoms. The van der Waals surface area contributed by atoms with E-state index in [0.717, 1.165) is 11.7 Å². The fourth-order valence-electron chi connectivity index (χ4n) is 1.94. The van der Waals surface area contributed by atoms with Crippen LogP contribution < -0.4 is 5.32 Å². The van der Waals surface area contributed by atoms with Crippen LogP contribution in [0.4, 0.5) is 0 Å². The van der Waals surface area contributed by atoms with Crippen LogP contribution in [-0.4, -0.2) is 29.1 Å². The van der Waals surface area contributed by atoms with Crippen molar-refractivity contribution in [2.75, 3.05) is 12.8 Å². The molecule has 90 valence electrons. The molecule has 2 unspecified atom stereocenters. The minimum absolute atomic E-state index is 0.550. The van der Waals surface area contributed by atoms with Crippen molar-refractivity contribution in [3.63, 3.8) is 0 Å². The first-order valence-electron chi connectivity index (χ1n) is 6.00. The monoisotopic (exact) mass is 256 g/mol. The van der Waals surface area contributed by atoms with Gasteiger partial charge in [0.15, 0.2) is 0 Å². The van der Waals surface area contributed by atoms with Crippen LogP contribution in [-0.2, 0) is 12.8 Å². The predicted octanol–water partition coefficient (Wildman–Crippen LogP) is 2.73. The van der Waals surface area contributed by atoms with Gasteiger partial charge in [-0.2, -0.15) is 11.8 Å². The summed E-state index contributed by atoms with van der Waals surface area (Å²) in [5.41, 5.74) is 0. The average Bonchev–Trinajstić information content (AvgIpc) is 2.91. The van der Waals surface area contributed by atoms with Crippen molar-refractivity contribution in [1.82, 2.24) is 10.3 Å². The number of hydrogen-bond acceptors (Lipinski definition) is 4. The summed E-state index contributed by atoms with van der Waals surface area (Å²) in [6.07, 6.45) is 7.12. The second-order valence-electron chi connectivity index (χ2n) is 4.45. The summed E-state index contributed by atoms with van der Waals surface area (Å²) in [6, 6.07) is 0.550. The number of likely N-dealkylation sites (N-methyl/N-ethyl adjacent to an activating group) is 1. The summed E-state index contributed by atoms with van der Waals surface area (Å²) in [4.78, 5) is 5.96. The molecule has 4 heteroatoms. The highest BCUT2D eigenvalue weighted by atomic mass is 32.2. The number of rotatable bonds is 5. The zero-order valence-corrected chi connectivity index (χ0v) is 11.7. The van der Waals surface area contributed by atoms with E-state index in [4.69, 9.17) is 0 Å². The van der Waals surface area contributed by atoms with E-state index in [-0.39, 0.29) is 0 Å². The van der Waals surface area contributed by atoms with Crippen molar-refractivity contribution >= 4 is 23.1 Å². The highest BCUT2D eigenvalue weighted by Gasteiger charge is 2.17. The third-order valence-corrected chi connectivity index (χ3v) is 5.47. The molecule has 1 aliphatic rings. The fourth-order valence-corrected chi connectivity index (χ4v) is 4.45. The maximum atomic E-state index is 4.54. The van der Waals surface area contributed by atoms with E-state index in [0.29, 0.717) is 6.04 Å². The number of nitrogens with one attached hydrogen (secondary N) is 1. The van der Waals surface area contributed by atoms with Gasteiger partial charge >= 0.3 is 0 Å². The molecule has 2 nitrogen and oxygen atoms in total. The average molecular weight is 256 g/mol. The Morgan fingerprint density at radius 1 is 1.62 bits per heavy atom. The van der Waals surface area contributed by atoms with E-state index in [1.165, 1.54) is 34.9 Å². The van der Waals surface area contributed by atoms with E-state index < -0.39 is 0 Å². The Labute approximate surface area is 106 Å². The molecule has 0 amide bonds. The molecule has 1 saturated heterocycles. The van der Waals surface area contributed by atoms with Gasteiger partial charge in [0.2, 0.25) is 0 Å². The highest BCUT2D eigenvalue weighted by Crippen LogP contribution is 2.30. The zero-order valence-electron chi connectivity index (χ0n) is 10.0. The van der Waals surface area contributed by atoms with Gasteiger partial charge in [0, 0.05) is 28.8 Å². The maximum Gasteiger partial charge on any atom is 0.0938 e. The van der Waals surface area contributed by atoms with Crippen LogP contribution >= 0.6 is 23.1 Å². The molecule has 0 spiro atoms. The Kier molecular flexibility index (Phi) is 4.67. The minimum Gasteiger partial charge on any atom is -0.317 e. The lowest BCUT2D eigenvalue weighted by atomic mass is 10.2. The first-order chi connectivity index (χ1) is 7.78. The van der Waals surface area contributed by atoms with Crippen LogP contribution in [0.15, 0.2) is 6.20 Å². The van der Waals surface area contributed by atoms with Gasteiger partial charge in [-0.25, -0.2) is 4.98 Å². The van der Waals surface area contributed by atoms with Gasteiger partial charge in [0.25, 0.3) is 0 Å². The van der Waals surface area contributed by atoms with Crippen LogP contribution in [0.5, 0.6) is 0 Å². The molecule has 0 aromatic carbocycles. The van der Waals surface area contributed by atoms with Crippen molar-refractivity contribution in [1.29, 1.82) is 0 Å². The van der Waals surface area contributed by atoms with E-state index in [2.05, 4.69) is 35.2 Å². The molecule has 1 aromatic heterocycles. The molecular formula is C12H20N2S2. The standard InChI is InChI=1S/C12H20N2S2/c1-9(13-2)6-11-8-14-12(16-11)7-10-4-3-5-15-10/h8-10,13H,3-7H2,1-2H3. The van der Waals surface area contributed by atoms with Gasteiger partial charge in [-0.3, -0.25) is 0 Å². The predicted molar refractivity (Wildman–Crippen MR) is 73.5 cm³/mol. The SMILES string of the molecule is CNC(C)Cc1cnc(CC2CCCS2)s1. The third kappa shape index (κ3) is 3.47.